The van der Waals surface area contributed by atoms with Crippen molar-refractivity contribution in [1.82, 2.24) is 19.7 Å². The van der Waals surface area contributed by atoms with Crippen LogP contribution in [0.4, 0.5) is 14.7 Å². The van der Waals surface area contributed by atoms with Crippen molar-refractivity contribution in [2.45, 2.75) is 6.54 Å². The number of hydrogen-bond donors (Lipinski definition) is 1. The maximum atomic E-state index is 13.4. The van der Waals surface area contributed by atoms with Crippen LogP contribution in [0.15, 0.2) is 59.5 Å². The molecule has 0 unspecified atom stereocenters. The third-order valence-electron chi connectivity index (χ3n) is 4.19. The van der Waals surface area contributed by atoms with Crippen LogP contribution in [0.1, 0.15) is 5.56 Å². The predicted molar refractivity (Wildman–Crippen MR) is 98.0 cm³/mol. The maximum absolute atomic E-state index is 13.4. The summed E-state index contributed by atoms with van der Waals surface area (Å²) in [5, 5.41) is 4.62. The van der Waals surface area contributed by atoms with E-state index in [0.717, 1.165) is 17.8 Å². The van der Waals surface area contributed by atoms with E-state index in [1.54, 1.807) is 16.6 Å². The first-order valence-electron chi connectivity index (χ1n) is 8.21. The van der Waals surface area contributed by atoms with Crippen molar-refractivity contribution >= 4 is 17.0 Å². The summed E-state index contributed by atoms with van der Waals surface area (Å²) in [7, 11) is 1.70. The lowest BCUT2D eigenvalue weighted by molar-refractivity contribution is 0.507. The van der Waals surface area contributed by atoms with E-state index in [9.17, 15) is 13.6 Å². The van der Waals surface area contributed by atoms with E-state index >= 15 is 0 Å². The molecule has 0 radical (unpaired) electrons. The van der Waals surface area contributed by atoms with Gasteiger partial charge in [0.15, 0.2) is 17.3 Å². The average Bonchev–Trinajstić information content (AvgIpc) is 3.10. The fraction of sp³-hybridized carbons (Fsp3) is 0.105. The number of H-pyrrole nitrogens is 1. The Balaban J connectivity index is 1.73. The molecule has 136 valence electrons. The Morgan fingerprint density at radius 2 is 1.89 bits per heavy atom. The summed E-state index contributed by atoms with van der Waals surface area (Å²) in [4.78, 5) is 21.3. The summed E-state index contributed by atoms with van der Waals surface area (Å²) in [5.74, 6) is -1.52. The monoisotopic (exact) mass is 367 g/mol. The number of rotatable bonds is 4. The van der Waals surface area contributed by atoms with E-state index in [1.165, 1.54) is 12.3 Å². The van der Waals surface area contributed by atoms with Crippen LogP contribution in [-0.4, -0.2) is 26.8 Å². The molecular formula is C19H15F2N5O. The van der Waals surface area contributed by atoms with Gasteiger partial charge in [0.05, 0.1) is 11.9 Å². The average molecular weight is 367 g/mol. The first-order chi connectivity index (χ1) is 13.0. The molecule has 4 rings (SSSR count). The van der Waals surface area contributed by atoms with Crippen molar-refractivity contribution in [2.24, 2.45) is 0 Å². The maximum Gasteiger partial charge on any atom is 0.263 e. The second kappa shape index (κ2) is 6.64. The Labute approximate surface area is 152 Å². The number of aromatic nitrogens is 4. The van der Waals surface area contributed by atoms with Gasteiger partial charge in [-0.3, -0.25) is 9.78 Å². The predicted octanol–water partition coefficient (Wildman–Crippen LogP) is 3.02. The number of fused-ring (bicyclic) bond motifs is 1. The molecule has 2 aromatic heterocycles. The van der Waals surface area contributed by atoms with E-state index < -0.39 is 11.6 Å². The van der Waals surface area contributed by atoms with Gasteiger partial charge in [-0.2, -0.15) is 10.1 Å². The first kappa shape index (κ1) is 16.9. The number of nitrogens with zero attached hydrogens (tertiary/aromatic N) is 4. The Bertz CT molecular complexity index is 1170. The zero-order chi connectivity index (χ0) is 19.0. The second-order valence-corrected chi connectivity index (χ2v) is 6.12. The van der Waals surface area contributed by atoms with Crippen LogP contribution >= 0.6 is 0 Å². The number of hydrogen-bond acceptors (Lipinski definition) is 4. The molecule has 0 saturated carbocycles. The van der Waals surface area contributed by atoms with Crippen molar-refractivity contribution < 1.29 is 8.78 Å². The number of benzene rings is 2. The lowest BCUT2D eigenvalue weighted by Gasteiger charge is -2.18. The molecule has 1 N–H and O–H groups in total. The molecule has 0 fully saturated rings. The minimum Gasteiger partial charge on any atom is -0.341 e. The van der Waals surface area contributed by atoms with Gasteiger partial charge in [-0.1, -0.05) is 24.3 Å². The fourth-order valence-corrected chi connectivity index (χ4v) is 2.83. The standard InChI is InChI=1S/C19H15F2N5O/c1-25(11-12-7-8-15(20)16(21)9-12)19-23-17-14(18(27)24-19)10-22-26(17)13-5-3-2-4-6-13/h2-10H,11H2,1H3,(H,23,24,27). The summed E-state index contributed by atoms with van der Waals surface area (Å²) in [5.41, 5.74) is 1.42. The summed E-state index contributed by atoms with van der Waals surface area (Å²) in [6, 6.07) is 13.0. The lowest BCUT2D eigenvalue weighted by atomic mass is 10.2. The molecule has 0 aliphatic heterocycles. The highest BCUT2D eigenvalue weighted by molar-refractivity contribution is 5.76. The van der Waals surface area contributed by atoms with Crippen molar-refractivity contribution in [3.05, 3.63) is 82.3 Å². The Morgan fingerprint density at radius 3 is 2.63 bits per heavy atom. The van der Waals surface area contributed by atoms with Crippen LogP contribution in [0.2, 0.25) is 0 Å². The van der Waals surface area contributed by atoms with Gasteiger partial charge in [-0.15, -0.1) is 0 Å². The zero-order valence-corrected chi connectivity index (χ0v) is 14.4. The first-order valence-corrected chi connectivity index (χ1v) is 8.21. The van der Waals surface area contributed by atoms with Gasteiger partial charge in [-0.25, -0.2) is 13.5 Å². The van der Waals surface area contributed by atoms with Crippen molar-refractivity contribution in [3.63, 3.8) is 0 Å². The molecule has 0 atom stereocenters. The highest BCUT2D eigenvalue weighted by Gasteiger charge is 2.14. The van der Waals surface area contributed by atoms with Gasteiger partial charge in [0.2, 0.25) is 5.95 Å². The van der Waals surface area contributed by atoms with Crippen LogP contribution in [-0.2, 0) is 6.54 Å². The summed E-state index contributed by atoms with van der Waals surface area (Å²) in [6.45, 7) is 0.241. The van der Waals surface area contributed by atoms with Gasteiger partial charge < -0.3 is 4.90 Å². The molecule has 0 aliphatic rings. The SMILES string of the molecule is CN(Cc1ccc(F)c(F)c1)c1nc2c(cnn2-c2ccccc2)c(=O)[nH]1. The van der Waals surface area contributed by atoms with Gasteiger partial charge in [0, 0.05) is 13.6 Å². The fourth-order valence-electron chi connectivity index (χ4n) is 2.83. The summed E-state index contributed by atoms with van der Waals surface area (Å²) < 4.78 is 28.1. The van der Waals surface area contributed by atoms with Gasteiger partial charge in [0.25, 0.3) is 5.56 Å². The third kappa shape index (κ3) is 3.17. The normalized spacial score (nSPS) is 11.1. The molecular weight excluding hydrogens is 352 g/mol. The molecule has 8 heteroatoms. The second-order valence-electron chi connectivity index (χ2n) is 6.12. The smallest absolute Gasteiger partial charge is 0.263 e. The molecule has 0 amide bonds. The number of para-hydroxylation sites is 1. The molecule has 27 heavy (non-hydrogen) atoms. The van der Waals surface area contributed by atoms with Crippen LogP contribution in [0.3, 0.4) is 0 Å². The number of anilines is 1. The van der Waals surface area contributed by atoms with Crippen LogP contribution in [0, 0.1) is 11.6 Å². The van der Waals surface area contributed by atoms with Gasteiger partial charge in [0.1, 0.15) is 5.39 Å². The van der Waals surface area contributed by atoms with E-state index in [2.05, 4.69) is 15.1 Å². The van der Waals surface area contributed by atoms with E-state index in [1.807, 2.05) is 30.3 Å². The number of aromatic amines is 1. The molecule has 6 nitrogen and oxygen atoms in total. The lowest BCUT2D eigenvalue weighted by Crippen LogP contribution is -2.23. The Kier molecular flexibility index (Phi) is 4.15. The highest BCUT2D eigenvalue weighted by atomic mass is 19.2. The molecule has 4 aromatic rings. The third-order valence-corrected chi connectivity index (χ3v) is 4.19. The zero-order valence-electron chi connectivity index (χ0n) is 14.4. The number of halogens is 2. The summed E-state index contributed by atoms with van der Waals surface area (Å²) >= 11 is 0. The Hall–Kier alpha value is -3.55. The largest absolute Gasteiger partial charge is 0.341 e. The minimum absolute atomic E-state index is 0.241. The number of nitrogens with one attached hydrogen (secondary N) is 1. The molecule has 2 heterocycles. The van der Waals surface area contributed by atoms with E-state index in [4.69, 9.17) is 0 Å². The molecule has 2 aromatic carbocycles. The van der Waals surface area contributed by atoms with Gasteiger partial charge >= 0.3 is 0 Å². The topological polar surface area (TPSA) is 66.8 Å². The highest BCUT2D eigenvalue weighted by Crippen LogP contribution is 2.17. The molecule has 0 saturated heterocycles. The van der Waals surface area contributed by atoms with Crippen molar-refractivity contribution in [3.8, 4) is 5.69 Å². The summed E-state index contributed by atoms with van der Waals surface area (Å²) in [6.07, 6.45) is 1.47. The van der Waals surface area contributed by atoms with Crippen molar-refractivity contribution in [1.29, 1.82) is 0 Å². The quantitative estimate of drug-likeness (QED) is 0.602. The van der Waals surface area contributed by atoms with E-state index in [0.29, 0.717) is 22.5 Å². The Morgan fingerprint density at radius 1 is 1.11 bits per heavy atom. The molecule has 0 spiro atoms. The molecule has 0 aliphatic carbocycles. The van der Waals surface area contributed by atoms with Crippen LogP contribution in [0.5, 0.6) is 0 Å². The van der Waals surface area contributed by atoms with E-state index in [-0.39, 0.29) is 12.1 Å². The van der Waals surface area contributed by atoms with Crippen LogP contribution in [0.25, 0.3) is 16.7 Å². The molecule has 0 bridgehead atoms. The van der Waals surface area contributed by atoms with Gasteiger partial charge in [-0.05, 0) is 29.8 Å². The van der Waals surface area contributed by atoms with Crippen LogP contribution < -0.4 is 10.5 Å². The minimum atomic E-state index is -0.917. The van der Waals surface area contributed by atoms with Crippen molar-refractivity contribution in [2.75, 3.05) is 11.9 Å².